The standard InChI is InChI=1S/C15H16F3N3O2S/c1-10-9-24-14(19-10)20-13(22)8-21(2)7-11-3-5-12(6-4-11)23-15(16,17)18/h3-6,9H,7-8H2,1-2H3,(H,19,20,22). The Morgan fingerprint density at radius 2 is 2.00 bits per heavy atom. The molecule has 2 aromatic rings. The van der Waals surface area contributed by atoms with Gasteiger partial charge in [-0.05, 0) is 31.7 Å². The Labute approximate surface area is 141 Å². The lowest BCUT2D eigenvalue weighted by Crippen LogP contribution is -2.29. The van der Waals surface area contributed by atoms with Crippen LogP contribution < -0.4 is 10.1 Å². The molecule has 130 valence electrons. The number of nitrogens with one attached hydrogen (secondary N) is 1. The van der Waals surface area contributed by atoms with Gasteiger partial charge in [0, 0.05) is 11.9 Å². The van der Waals surface area contributed by atoms with Gasteiger partial charge in [0.1, 0.15) is 5.75 Å². The molecule has 1 heterocycles. The Morgan fingerprint density at radius 3 is 2.54 bits per heavy atom. The number of hydrogen-bond donors (Lipinski definition) is 1. The summed E-state index contributed by atoms with van der Waals surface area (Å²) in [5.41, 5.74) is 1.61. The Kier molecular flexibility index (Phi) is 5.79. The van der Waals surface area contributed by atoms with Gasteiger partial charge in [0.15, 0.2) is 5.13 Å². The number of hydrogen-bond acceptors (Lipinski definition) is 5. The number of aromatic nitrogens is 1. The quantitative estimate of drug-likeness (QED) is 0.859. The predicted octanol–water partition coefficient (Wildman–Crippen LogP) is 3.42. The van der Waals surface area contributed by atoms with Crippen molar-refractivity contribution in [2.75, 3.05) is 18.9 Å². The third kappa shape index (κ3) is 6.17. The van der Waals surface area contributed by atoms with E-state index >= 15 is 0 Å². The number of halogens is 3. The van der Waals surface area contributed by atoms with Crippen LogP contribution in [-0.2, 0) is 11.3 Å². The number of amides is 1. The Hall–Kier alpha value is -2.13. The van der Waals surface area contributed by atoms with Crippen LogP contribution in [0.5, 0.6) is 5.75 Å². The maximum absolute atomic E-state index is 12.1. The fourth-order valence-corrected chi connectivity index (χ4v) is 2.68. The highest BCUT2D eigenvalue weighted by molar-refractivity contribution is 7.13. The summed E-state index contributed by atoms with van der Waals surface area (Å²) in [6, 6.07) is 5.55. The van der Waals surface area contributed by atoms with Gasteiger partial charge in [-0.3, -0.25) is 9.69 Å². The number of ether oxygens (including phenoxy) is 1. The van der Waals surface area contributed by atoms with E-state index in [9.17, 15) is 18.0 Å². The highest BCUT2D eigenvalue weighted by Crippen LogP contribution is 2.23. The highest BCUT2D eigenvalue weighted by Gasteiger charge is 2.30. The van der Waals surface area contributed by atoms with Crippen molar-refractivity contribution in [2.24, 2.45) is 0 Å². The third-order valence-corrected chi connectivity index (χ3v) is 3.76. The molecule has 24 heavy (non-hydrogen) atoms. The summed E-state index contributed by atoms with van der Waals surface area (Å²) in [7, 11) is 1.74. The lowest BCUT2D eigenvalue weighted by Gasteiger charge is -2.16. The first-order chi connectivity index (χ1) is 11.2. The number of nitrogens with zero attached hydrogens (tertiary/aromatic N) is 2. The average molecular weight is 359 g/mol. The summed E-state index contributed by atoms with van der Waals surface area (Å²) in [6.45, 7) is 2.39. The van der Waals surface area contributed by atoms with E-state index in [2.05, 4.69) is 15.0 Å². The van der Waals surface area contributed by atoms with Crippen molar-refractivity contribution in [3.63, 3.8) is 0 Å². The minimum absolute atomic E-state index is 0.138. The summed E-state index contributed by atoms with van der Waals surface area (Å²) in [5.74, 6) is -0.477. The van der Waals surface area contributed by atoms with Crippen LogP contribution in [0.3, 0.4) is 0 Å². The van der Waals surface area contributed by atoms with E-state index in [1.807, 2.05) is 12.3 Å². The van der Waals surface area contributed by atoms with E-state index in [1.54, 1.807) is 11.9 Å². The minimum atomic E-state index is -4.70. The number of carbonyl (C=O) groups is 1. The molecule has 0 bridgehead atoms. The first-order valence-electron chi connectivity index (χ1n) is 6.96. The fraction of sp³-hybridized carbons (Fsp3) is 0.333. The SMILES string of the molecule is Cc1csc(NC(=O)CN(C)Cc2ccc(OC(F)(F)F)cc2)n1. The maximum atomic E-state index is 12.1. The van der Waals surface area contributed by atoms with Crippen LogP contribution in [0.25, 0.3) is 0 Å². The van der Waals surface area contributed by atoms with Crippen molar-refractivity contribution in [1.29, 1.82) is 0 Å². The van der Waals surface area contributed by atoms with Crippen LogP contribution >= 0.6 is 11.3 Å². The van der Waals surface area contributed by atoms with E-state index in [-0.39, 0.29) is 18.2 Å². The first kappa shape index (κ1) is 18.2. The molecule has 1 aromatic carbocycles. The minimum Gasteiger partial charge on any atom is -0.406 e. The summed E-state index contributed by atoms with van der Waals surface area (Å²) in [5, 5.41) is 5.07. The average Bonchev–Trinajstić information content (AvgIpc) is 2.84. The zero-order chi connectivity index (χ0) is 17.7. The number of benzene rings is 1. The fourth-order valence-electron chi connectivity index (χ4n) is 1.98. The van der Waals surface area contributed by atoms with Gasteiger partial charge in [0.2, 0.25) is 5.91 Å². The number of thiazole rings is 1. The predicted molar refractivity (Wildman–Crippen MR) is 84.9 cm³/mol. The number of carbonyl (C=O) groups excluding carboxylic acids is 1. The molecule has 1 aromatic heterocycles. The summed E-state index contributed by atoms with van der Waals surface area (Å²) < 4.78 is 40.1. The van der Waals surface area contributed by atoms with E-state index in [0.29, 0.717) is 11.7 Å². The van der Waals surface area contributed by atoms with Gasteiger partial charge >= 0.3 is 6.36 Å². The van der Waals surface area contributed by atoms with E-state index in [4.69, 9.17) is 0 Å². The Bertz CT molecular complexity index is 686. The zero-order valence-electron chi connectivity index (χ0n) is 13.1. The number of alkyl halides is 3. The van der Waals surface area contributed by atoms with E-state index < -0.39 is 6.36 Å². The van der Waals surface area contributed by atoms with Crippen molar-refractivity contribution in [3.05, 3.63) is 40.9 Å². The van der Waals surface area contributed by atoms with Crippen LogP contribution in [0, 0.1) is 6.92 Å². The molecule has 2 rings (SSSR count). The molecule has 0 saturated heterocycles. The number of rotatable bonds is 6. The van der Waals surface area contributed by atoms with Crippen molar-refractivity contribution in [2.45, 2.75) is 19.8 Å². The van der Waals surface area contributed by atoms with Crippen LogP contribution in [-0.4, -0.2) is 35.7 Å². The topological polar surface area (TPSA) is 54.5 Å². The second kappa shape index (κ2) is 7.63. The van der Waals surface area contributed by atoms with Crippen molar-refractivity contribution < 1.29 is 22.7 Å². The Balaban J connectivity index is 1.83. The summed E-state index contributed by atoms with van der Waals surface area (Å²) in [6.07, 6.45) is -4.70. The van der Waals surface area contributed by atoms with Gasteiger partial charge in [-0.25, -0.2) is 4.98 Å². The van der Waals surface area contributed by atoms with Crippen LogP contribution in [0.15, 0.2) is 29.6 Å². The lowest BCUT2D eigenvalue weighted by atomic mass is 10.2. The Morgan fingerprint density at radius 1 is 1.33 bits per heavy atom. The van der Waals surface area contributed by atoms with E-state index in [1.165, 1.54) is 35.6 Å². The summed E-state index contributed by atoms with van der Waals surface area (Å²) in [4.78, 5) is 17.8. The molecule has 5 nitrogen and oxygen atoms in total. The molecule has 0 aliphatic heterocycles. The van der Waals surface area contributed by atoms with Crippen LogP contribution in [0.1, 0.15) is 11.3 Å². The molecule has 1 amide bonds. The smallest absolute Gasteiger partial charge is 0.406 e. The molecule has 0 aliphatic carbocycles. The van der Waals surface area contributed by atoms with Gasteiger partial charge in [0.25, 0.3) is 0 Å². The molecular formula is C15H16F3N3O2S. The van der Waals surface area contributed by atoms with Crippen molar-refractivity contribution in [3.8, 4) is 5.75 Å². The van der Waals surface area contributed by atoms with Crippen LogP contribution in [0.4, 0.5) is 18.3 Å². The molecule has 9 heteroatoms. The monoisotopic (exact) mass is 359 g/mol. The lowest BCUT2D eigenvalue weighted by molar-refractivity contribution is -0.274. The third-order valence-electron chi connectivity index (χ3n) is 2.89. The second-order valence-corrected chi connectivity index (χ2v) is 6.06. The molecule has 0 fully saturated rings. The van der Waals surface area contributed by atoms with Gasteiger partial charge in [0.05, 0.1) is 12.2 Å². The summed E-state index contributed by atoms with van der Waals surface area (Å²) >= 11 is 1.35. The molecule has 0 spiro atoms. The van der Waals surface area contributed by atoms with E-state index in [0.717, 1.165) is 11.3 Å². The number of aryl methyl sites for hydroxylation is 1. The molecule has 0 unspecified atom stereocenters. The van der Waals surface area contributed by atoms with Crippen molar-refractivity contribution in [1.82, 2.24) is 9.88 Å². The zero-order valence-corrected chi connectivity index (χ0v) is 13.9. The molecular weight excluding hydrogens is 343 g/mol. The highest BCUT2D eigenvalue weighted by atomic mass is 32.1. The molecule has 0 radical (unpaired) electrons. The molecule has 0 saturated carbocycles. The molecule has 0 atom stereocenters. The number of anilines is 1. The number of likely N-dealkylation sites (N-methyl/N-ethyl adjacent to an activating group) is 1. The first-order valence-corrected chi connectivity index (χ1v) is 7.84. The maximum Gasteiger partial charge on any atom is 0.573 e. The van der Waals surface area contributed by atoms with Gasteiger partial charge in [-0.2, -0.15) is 0 Å². The largest absolute Gasteiger partial charge is 0.573 e. The van der Waals surface area contributed by atoms with Gasteiger partial charge < -0.3 is 10.1 Å². The molecule has 1 N–H and O–H groups in total. The van der Waals surface area contributed by atoms with Gasteiger partial charge in [-0.1, -0.05) is 12.1 Å². The van der Waals surface area contributed by atoms with Crippen molar-refractivity contribution >= 4 is 22.4 Å². The van der Waals surface area contributed by atoms with Gasteiger partial charge in [-0.15, -0.1) is 24.5 Å². The second-order valence-electron chi connectivity index (χ2n) is 5.21. The van der Waals surface area contributed by atoms with Crippen LogP contribution in [0.2, 0.25) is 0 Å². The molecule has 0 aliphatic rings. The normalized spacial score (nSPS) is 11.6.